The molecule has 0 radical (unpaired) electrons. The highest BCUT2D eigenvalue weighted by atomic mass is 79.9. The number of ketones is 2. The van der Waals surface area contributed by atoms with E-state index in [0.29, 0.717) is 5.56 Å². The van der Waals surface area contributed by atoms with Gasteiger partial charge in [0, 0.05) is 27.4 Å². The molecule has 30 heavy (non-hydrogen) atoms. The van der Waals surface area contributed by atoms with Crippen LogP contribution in [0.25, 0.3) is 0 Å². The standard InChI is InChI=1S/C26H20BrFO2/c27-19-9-5-17(6-10-19)25(29)23-13-21(23)15-1-3-16(4-2-15)22-14-24(22)26(30)18-7-11-20(28)12-8-18/h1-12,21-24H,13-14H2/t21-,22+,23+,24+/m0/s1. The molecule has 0 heterocycles. The molecule has 3 aromatic carbocycles. The number of carbonyl (C=O) groups excluding carboxylic acids is 2. The highest BCUT2D eigenvalue weighted by molar-refractivity contribution is 9.10. The summed E-state index contributed by atoms with van der Waals surface area (Å²) in [5.41, 5.74) is 3.70. The van der Waals surface area contributed by atoms with E-state index in [9.17, 15) is 14.0 Å². The Morgan fingerprint density at radius 3 is 1.50 bits per heavy atom. The van der Waals surface area contributed by atoms with E-state index in [-0.39, 0.29) is 41.1 Å². The second-order valence-electron chi connectivity index (χ2n) is 8.31. The molecular weight excluding hydrogens is 443 g/mol. The first-order valence-corrected chi connectivity index (χ1v) is 11.0. The summed E-state index contributed by atoms with van der Waals surface area (Å²) in [4.78, 5) is 25.3. The molecular formula is C26H20BrFO2. The molecule has 0 aromatic heterocycles. The maximum absolute atomic E-state index is 13.1. The van der Waals surface area contributed by atoms with Crippen LogP contribution in [0.5, 0.6) is 0 Å². The Balaban J connectivity index is 1.22. The van der Waals surface area contributed by atoms with Crippen molar-refractivity contribution in [1.29, 1.82) is 0 Å². The summed E-state index contributed by atoms with van der Waals surface area (Å²) in [6.07, 6.45) is 1.73. The van der Waals surface area contributed by atoms with Crippen LogP contribution < -0.4 is 0 Å². The number of hydrogen-bond donors (Lipinski definition) is 0. The third-order valence-electron chi connectivity index (χ3n) is 6.30. The van der Waals surface area contributed by atoms with Crippen LogP contribution in [-0.2, 0) is 0 Å². The van der Waals surface area contributed by atoms with Gasteiger partial charge in [-0.15, -0.1) is 0 Å². The minimum absolute atomic E-state index is 0.0195. The van der Waals surface area contributed by atoms with Crippen molar-refractivity contribution in [2.45, 2.75) is 24.7 Å². The zero-order chi connectivity index (χ0) is 20.8. The van der Waals surface area contributed by atoms with Crippen molar-refractivity contribution in [3.05, 3.63) is 105 Å². The molecule has 2 aliphatic carbocycles. The largest absolute Gasteiger partial charge is 0.294 e. The first kappa shape index (κ1) is 19.4. The molecule has 3 aromatic rings. The summed E-state index contributed by atoms with van der Waals surface area (Å²) in [7, 11) is 0. The van der Waals surface area contributed by atoms with Crippen molar-refractivity contribution in [1.82, 2.24) is 0 Å². The van der Waals surface area contributed by atoms with Gasteiger partial charge < -0.3 is 0 Å². The Bertz CT molecular complexity index is 1010. The number of carbonyl (C=O) groups is 2. The number of rotatable bonds is 6. The zero-order valence-electron chi connectivity index (χ0n) is 16.2. The predicted molar refractivity (Wildman–Crippen MR) is 117 cm³/mol. The quantitative estimate of drug-likeness (QED) is 0.388. The SMILES string of the molecule is O=C(c1ccc(F)cc1)[C@@H]1C[C@@H]1c1ccc([C@@H]2C[C@H]2C(=O)c2ccc(Br)cc2)cc1. The Morgan fingerprint density at radius 1 is 0.667 bits per heavy atom. The fraction of sp³-hybridized carbons (Fsp3) is 0.231. The maximum Gasteiger partial charge on any atom is 0.166 e. The Morgan fingerprint density at radius 2 is 1.07 bits per heavy atom. The van der Waals surface area contributed by atoms with Gasteiger partial charge in [-0.05, 0) is 72.2 Å². The van der Waals surface area contributed by atoms with Crippen molar-refractivity contribution < 1.29 is 14.0 Å². The van der Waals surface area contributed by atoms with Crippen molar-refractivity contribution in [2.75, 3.05) is 0 Å². The maximum atomic E-state index is 13.1. The second kappa shape index (κ2) is 7.59. The zero-order valence-corrected chi connectivity index (χ0v) is 17.8. The lowest BCUT2D eigenvalue weighted by Gasteiger charge is -2.05. The molecule has 0 bridgehead atoms. The minimum Gasteiger partial charge on any atom is -0.294 e. The average molecular weight is 463 g/mol. The van der Waals surface area contributed by atoms with Gasteiger partial charge in [0.05, 0.1) is 0 Å². The number of hydrogen-bond acceptors (Lipinski definition) is 2. The summed E-state index contributed by atoms with van der Waals surface area (Å²) < 4.78 is 14.0. The van der Waals surface area contributed by atoms with E-state index in [2.05, 4.69) is 40.2 Å². The molecule has 0 amide bonds. The first-order chi connectivity index (χ1) is 14.5. The van der Waals surface area contributed by atoms with Gasteiger partial charge in [-0.25, -0.2) is 4.39 Å². The molecule has 2 aliphatic rings. The third-order valence-corrected chi connectivity index (χ3v) is 6.83. The van der Waals surface area contributed by atoms with Gasteiger partial charge in [-0.3, -0.25) is 9.59 Å². The average Bonchev–Trinajstić information content (AvgIpc) is 3.68. The number of Topliss-reactive ketones (excluding diaryl/α,β-unsaturated/α-hetero) is 2. The van der Waals surface area contributed by atoms with Gasteiger partial charge >= 0.3 is 0 Å². The van der Waals surface area contributed by atoms with Crippen molar-refractivity contribution in [3.8, 4) is 0 Å². The van der Waals surface area contributed by atoms with Crippen LogP contribution in [0.1, 0.15) is 56.5 Å². The van der Waals surface area contributed by atoms with Gasteiger partial charge in [-0.2, -0.15) is 0 Å². The third kappa shape index (κ3) is 3.77. The lowest BCUT2D eigenvalue weighted by atomic mass is 9.99. The fourth-order valence-corrected chi connectivity index (χ4v) is 4.62. The van der Waals surface area contributed by atoms with Crippen LogP contribution >= 0.6 is 15.9 Å². The van der Waals surface area contributed by atoms with Crippen LogP contribution in [0, 0.1) is 17.7 Å². The molecule has 5 rings (SSSR count). The molecule has 2 fully saturated rings. The van der Waals surface area contributed by atoms with Gasteiger partial charge in [0.1, 0.15) is 5.82 Å². The molecule has 2 nitrogen and oxygen atoms in total. The summed E-state index contributed by atoms with van der Waals surface area (Å²) in [5.74, 6) is 0.531. The molecule has 150 valence electrons. The van der Waals surface area contributed by atoms with E-state index in [1.54, 1.807) is 12.1 Å². The van der Waals surface area contributed by atoms with E-state index in [1.165, 1.54) is 17.7 Å². The molecule has 0 unspecified atom stereocenters. The van der Waals surface area contributed by atoms with E-state index < -0.39 is 0 Å². The lowest BCUT2D eigenvalue weighted by molar-refractivity contribution is 0.0957. The molecule has 0 spiro atoms. The molecule has 4 heteroatoms. The van der Waals surface area contributed by atoms with Crippen molar-refractivity contribution >= 4 is 27.5 Å². The summed E-state index contributed by atoms with van der Waals surface area (Å²) in [5, 5.41) is 0. The second-order valence-corrected chi connectivity index (χ2v) is 9.22. The van der Waals surface area contributed by atoms with E-state index in [4.69, 9.17) is 0 Å². The summed E-state index contributed by atoms with van der Waals surface area (Å²) >= 11 is 3.40. The Hall–Kier alpha value is -2.59. The van der Waals surface area contributed by atoms with Crippen LogP contribution in [0.4, 0.5) is 4.39 Å². The molecule has 0 N–H and O–H groups in total. The minimum atomic E-state index is -0.327. The fourth-order valence-electron chi connectivity index (χ4n) is 4.35. The van der Waals surface area contributed by atoms with Crippen LogP contribution in [0.2, 0.25) is 0 Å². The normalized spacial score (nSPS) is 24.3. The van der Waals surface area contributed by atoms with Crippen molar-refractivity contribution in [2.24, 2.45) is 11.8 Å². The van der Waals surface area contributed by atoms with Crippen LogP contribution in [0.15, 0.2) is 77.3 Å². The number of benzene rings is 3. The van der Waals surface area contributed by atoms with E-state index in [0.717, 1.165) is 28.4 Å². The number of halogens is 2. The summed E-state index contributed by atoms with van der Waals surface area (Å²) in [6, 6.07) is 21.7. The molecule has 4 atom stereocenters. The van der Waals surface area contributed by atoms with Gasteiger partial charge in [-0.1, -0.05) is 52.3 Å². The van der Waals surface area contributed by atoms with Gasteiger partial charge in [0.25, 0.3) is 0 Å². The molecule has 2 saturated carbocycles. The Kier molecular flexibility index (Phi) is 4.90. The first-order valence-electron chi connectivity index (χ1n) is 10.2. The van der Waals surface area contributed by atoms with Crippen LogP contribution in [-0.4, -0.2) is 11.6 Å². The van der Waals surface area contributed by atoms with E-state index >= 15 is 0 Å². The molecule has 0 saturated heterocycles. The predicted octanol–water partition coefficient (Wildman–Crippen LogP) is 6.56. The van der Waals surface area contributed by atoms with E-state index in [1.807, 2.05) is 24.3 Å². The van der Waals surface area contributed by atoms with Gasteiger partial charge in [0.15, 0.2) is 11.6 Å². The summed E-state index contributed by atoms with van der Waals surface area (Å²) in [6.45, 7) is 0. The van der Waals surface area contributed by atoms with Crippen molar-refractivity contribution in [3.63, 3.8) is 0 Å². The molecule has 0 aliphatic heterocycles. The smallest absolute Gasteiger partial charge is 0.166 e. The Labute approximate surface area is 183 Å². The topological polar surface area (TPSA) is 34.1 Å². The highest BCUT2D eigenvalue weighted by Gasteiger charge is 2.46. The van der Waals surface area contributed by atoms with Gasteiger partial charge in [0.2, 0.25) is 0 Å². The highest BCUT2D eigenvalue weighted by Crippen LogP contribution is 2.52. The lowest BCUT2D eigenvalue weighted by Crippen LogP contribution is -2.03. The van der Waals surface area contributed by atoms with Crippen LogP contribution in [0.3, 0.4) is 0 Å². The monoisotopic (exact) mass is 462 g/mol.